The maximum absolute atomic E-state index is 2.45. The second-order valence-corrected chi connectivity index (χ2v) is 8.11. The van der Waals surface area contributed by atoms with Crippen molar-refractivity contribution in [3.05, 3.63) is 119 Å². The molecule has 0 saturated heterocycles. The first-order valence-corrected chi connectivity index (χ1v) is 10.5. The first-order chi connectivity index (χ1) is 14.7. The lowest BCUT2D eigenvalue weighted by Crippen LogP contribution is -2.27. The highest BCUT2D eigenvalue weighted by Gasteiger charge is 2.24. The normalized spacial score (nSPS) is 13.3. The van der Waals surface area contributed by atoms with Crippen molar-refractivity contribution in [3.63, 3.8) is 0 Å². The molecule has 0 aromatic heterocycles. The van der Waals surface area contributed by atoms with E-state index < -0.39 is 0 Å². The van der Waals surface area contributed by atoms with E-state index in [9.17, 15) is 0 Å². The Hall–Kier alpha value is -3.52. The Morgan fingerprint density at radius 2 is 0.900 bits per heavy atom. The van der Waals surface area contributed by atoms with Gasteiger partial charge in [0.1, 0.15) is 0 Å². The summed E-state index contributed by atoms with van der Waals surface area (Å²) >= 11 is 0. The average molecular weight is 391 g/mol. The molecule has 1 aliphatic rings. The molecule has 0 amide bonds. The first kappa shape index (κ1) is 18.5. The van der Waals surface area contributed by atoms with E-state index in [-0.39, 0.29) is 0 Å². The van der Waals surface area contributed by atoms with Crippen molar-refractivity contribution in [2.75, 3.05) is 9.80 Å². The van der Waals surface area contributed by atoms with Crippen molar-refractivity contribution in [2.45, 2.75) is 26.9 Å². The van der Waals surface area contributed by atoms with Gasteiger partial charge >= 0.3 is 0 Å². The minimum Gasteiger partial charge on any atom is -0.337 e. The Kier molecular flexibility index (Phi) is 4.76. The second-order valence-electron chi connectivity index (χ2n) is 8.11. The molecular weight excluding hydrogens is 364 g/mol. The summed E-state index contributed by atoms with van der Waals surface area (Å²) in [5.74, 6) is 0. The molecule has 0 N–H and O–H groups in total. The van der Waals surface area contributed by atoms with E-state index in [1.54, 1.807) is 0 Å². The van der Waals surface area contributed by atoms with Gasteiger partial charge in [0.15, 0.2) is 0 Å². The van der Waals surface area contributed by atoms with Gasteiger partial charge in [0.05, 0.1) is 13.1 Å². The maximum atomic E-state index is 2.45. The van der Waals surface area contributed by atoms with E-state index in [2.05, 4.69) is 121 Å². The topological polar surface area (TPSA) is 6.48 Å². The molecular formula is C28H26N2. The fraction of sp³-hybridized carbons (Fsp3) is 0.143. The highest BCUT2D eigenvalue weighted by atomic mass is 15.2. The van der Waals surface area contributed by atoms with Gasteiger partial charge in [-0.25, -0.2) is 0 Å². The zero-order valence-corrected chi connectivity index (χ0v) is 17.5. The number of hydrogen-bond donors (Lipinski definition) is 0. The molecule has 148 valence electrons. The number of fused-ring (bicyclic) bond motifs is 2. The number of anilines is 4. The molecule has 0 unspecified atom stereocenters. The van der Waals surface area contributed by atoms with Crippen molar-refractivity contribution in [1.82, 2.24) is 0 Å². The Morgan fingerprint density at radius 1 is 0.500 bits per heavy atom. The Balaban J connectivity index is 1.73. The minimum atomic E-state index is 0.834. The predicted molar refractivity (Wildman–Crippen MR) is 127 cm³/mol. The molecule has 0 bridgehead atoms. The molecule has 0 atom stereocenters. The molecule has 2 heteroatoms. The Bertz CT molecular complexity index is 1070. The van der Waals surface area contributed by atoms with Crippen LogP contribution < -0.4 is 9.80 Å². The van der Waals surface area contributed by atoms with E-state index in [4.69, 9.17) is 0 Å². The van der Waals surface area contributed by atoms with Gasteiger partial charge in [-0.2, -0.15) is 0 Å². The second kappa shape index (κ2) is 7.72. The van der Waals surface area contributed by atoms with Crippen LogP contribution in [-0.4, -0.2) is 0 Å². The standard InChI is InChI=1S/C28H26N2/c1-21-13-15-27-23(17-21)19-29(25-9-5-3-6-10-25)28-16-14-22(2)18-24(28)20-30(27)26-11-7-4-8-12-26/h3-18H,19-20H2,1-2H3. The van der Waals surface area contributed by atoms with Crippen LogP contribution >= 0.6 is 0 Å². The summed E-state index contributed by atoms with van der Waals surface area (Å²) in [6.45, 7) is 6.02. The van der Waals surface area contributed by atoms with Crippen molar-refractivity contribution in [3.8, 4) is 0 Å². The number of hydrogen-bond acceptors (Lipinski definition) is 2. The van der Waals surface area contributed by atoms with Gasteiger partial charge in [0, 0.05) is 22.7 Å². The lowest BCUT2D eigenvalue weighted by atomic mass is 10.00. The molecule has 0 spiro atoms. The SMILES string of the molecule is Cc1ccc2c(c1)CN(c1ccccc1)c1ccc(C)cc1CN2c1ccccc1. The fourth-order valence-corrected chi connectivity index (χ4v) is 4.40. The molecule has 4 aromatic carbocycles. The third-order valence-corrected chi connectivity index (χ3v) is 5.84. The smallest absolute Gasteiger partial charge is 0.0502 e. The highest BCUT2D eigenvalue weighted by molar-refractivity contribution is 5.74. The van der Waals surface area contributed by atoms with Crippen molar-refractivity contribution in [1.29, 1.82) is 0 Å². The highest BCUT2D eigenvalue weighted by Crippen LogP contribution is 2.40. The number of benzene rings is 4. The molecule has 1 heterocycles. The molecule has 2 nitrogen and oxygen atoms in total. The largest absolute Gasteiger partial charge is 0.337 e. The lowest BCUT2D eigenvalue weighted by Gasteiger charge is -2.36. The van der Waals surface area contributed by atoms with Gasteiger partial charge in [0.2, 0.25) is 0 Å². The Labute approximate surface area is 179 Å². The summed E-state index contributed by atoms with van der Waals surface area (Å²) in [5, 5.41) is 0. The van der Waals surface area contributed by atoms with E-state index >= 15 is 0 Å². The van der Waals surface area contributed by atoms with Crippen LogP contribution in [0, 0.1) is 13.8 Å². The summed E-state index contributed by atoms with van der Waals surface area (Å²) in [4.78, 5) is 4.91. The fourth-order valence-electron chi connectivity index (χ4n) is 4.40. The van der Waals surface area contributed by atoms with Crippen molar-refractivity contribution in [2.24, 2.45) is 0 Å². The van der Waals surface area contributed by atoms with Gasteiger partial charge in [0.25, 0.3) is 0 Å². The zero-order chi connectivity index (χ0) is 20.5. The molecule has 0 fully saturated rings. The number of aryl methyl sites for hydroxylation is 2. The molecule has 30 heavy (non-hydrogen) atoms. The van der Waals surface area contributed by atoms with Gasteiger partial charge in [-0.3, -0.25) is 0 Å². The van der Waals surface area contributed by atoms with Crippen LogP contribution in [0.1, 0.15) is 22.3 Å². The number of para-hydroxylation sites is 2. The molecule has 0 aliphatic carbocycles. The number of nitrogens with zero attached hydrogens (tertiary/aromatic N) is 2. The summed E-state index contributed by atoms with van der Waals surface area (Å²) in [6.07, 6.45) is 0. The number of rotatable bonds is 2. The quantitative estimate of drug-likeness (QED) is 0.354. The molecule has 1 aliphatic heterocycles. The Morgan fingerprint density at radius 3 is 1.30 bits per heavy atom. The summed E-state index contributed by atoms with van der Waals surface area (Å²) in [6, 6.07) is 35.1. The van der Waals surface area contributed by atoms with Gasteiger partial charge in [-0.1, -0.05) is 71.8 Å². The monoisotopic (exact) mass is 390 g/mol. The van der Waals surface area contributed by atoms with Crippen LogP contribution in [0.15, 0.2) is 97.1 Å². The third kappa shape index (κ3) is 3.46. The van der Waals surface area contributed by atoms with E-state index in [0.717, 1.165) is 13.1 Å². The average Bonchev–Trinajstić information content (AvgIpc) is 2.77. The van der Waals surface area contributed by atoms with Crippen LogP contribution in [0.4, 0.5) is 22.7 Å². The van der Waals surface area contributed by atoms with Crippen LogP contribution in [0.2, 0.25) is 0 Å². The van der Waals surface area contributed by atoms with Crippen LogP contribution in [-0.2, 0) is 13.1 Å². The van der Waals surface area contributed by atoms with Gasteiger partial charge < -0.3 is 9.80 Å². The molecule has 0 radical (unpaired) electrons. The van der Waals surface area contributed by atoms with Gasteiger partial charge in [-0.05, 0) is 61.4 Å². The summed E-state index contributed by atoms with van der Waals surface area (Å²) in [5.41, 5.74) is 10.3. The molecule has 5 rings (SSSR count). The van der Waals surface area contributed by atoms with E-state index in [0.29, 0.717) is 0 Å². The molecule has 4 aromatic rings. The van der Waals surface area contributed by atoms with E-state index in [1.807, 2.05) is 0 Å². The summed E-state index contributed by atoms with van der Waals surface area (Å²) < 4.78 is 0. The van der Waals surface area contributed by atoms with Crippen molar-refractivity contribution < 1.29 is 0 Å². The van der Waals surface area contributed by atoms with Gasteiger partial charge in [-0.15, -0.1) is 0 Å². The summed E-state index contributed by atoms with van der Waals surface area (Å²) in [7, 11) is 0. The molecule has 0 saturated carbocycles. The zero-order valence-electron chi connectivity index (χ0n) is 17.5. The predicted octanol–water partition coefficient (Wildman–Crippen LogP) is 7.29. The van der Waals surface area contributed by atoms with Crippen molar-refractivity contribution >= 4 is 22.7 Å². The first-order valence-electron chi connectivity index (χ1n) is 10.5. The third-order valence-electron chi connectivity index (χ3n) is 5.84. The van der Waals surface area contributed by atoms with Crippen LogP contribution in [0.5, 0.6) is 0 Å². The van der Waals surface area contributed by atoms with Crippen LogP contribution in [0.25, 0.3) is 0 Å². The van der Waals surface area contributed by atoms with E-state index in [1.165, 1.54) is 45.0 Å². The lowest BCUT2D eigenvalue weighted by molar-refractivity contribution is 0.882. The van der Waals surface area contributed by atoms with Crippen LogP contribution in [0.3, 0.4) is 0 Å². The minimum absolute atomic E-state index is 0.834. The maximum Gasteiger partial charge on any atom is 0.0502 e.